The molecule has 0 unspecified atom stereocenters. The first-order chi connectivity index (χ1) is 13.1. The molecular formula is C20H16N4O2S. The Morgan fingerprint density at radius 2 is 1.85 bits per heavy atom. The van der Waals surface area contributed by atoms with Crippen molar-refractivity contribution in [3.8, 4) is 5.88 Å². The van der Waals surface area contributed by atoms with Crippen molar-refractivity contribution in [1.29, 1.82) is 0 Å². The minimum Gasteiger partial charge on any atom is -0.492 e. The molecule has 2 aromatic carbocycles. The van der Waals surface area contributed by atoms with Crippen LogP contribution in [-0.4, -0.2) is 22.2 Å². The number of amides is 1. The van der Waals surface area contributed by atoms with Crippen LogP contribution < -0.4 is 10.6 Å². The van der Waals surface area contributed by atoms with Gasteiger partial charge in [-0.15, -0.1) is 0 Å². The zero-order valence-electron chi connectivity index (χ0n) is 14.4. The van der Waals surface area contributed by atoms with Crippen molar-refractivity contribution in [2.45, 2.75) is 6.92 Å². The molecule has 1 aromatic heterocycles. The standard InChI is InChI=1S/C20H16N4O2S/c1-12(25)22-14-6-8-15(9-7-14)23-20-24-19(26)18(27-20)10-13-11-21-17-5-3-2-4-16(13)17/h2-11,26H,1H3,(H,22,25)(H,23,24). The number of anilines is 3. The quantitative estimate of drug-likeness (QED) is 0.610. The molecular weight excluding hydrogens is 360 g/mol. The lowest BCUT2D eigenvalue weighted by Gasteiger charge is -2.05. The van der Waals surface area contributed by atoms with Gasteiger partial charge in [-0.2, -0.15) is 4.98 Å². The third kappa shape index (κ3) is 3.73. The smallest absolute Gasteiger partial charge is 0.231 e. The molecule has 134 valence electrons. The summed E-state index contributed by atoms with van der Waals surface area (Å²) in [6.07, 6.45) is 3.67. The largest absolute Gasteiger partial charge is 0.492 e. The number of rotatable bonds is 4. The Hall–Kier alpha value is -3.45. The predicted molar refractivity (Wildman–Crippen MR) is 110 cm³/mol. The van der Waals surface area contributed by atoms with Crippen LogP contribution in [0.1, 0.15) is 17.4 Å². The first-order valence-corrected chi connectivity index (χ1v) is 9.10. The fraction of sp³-hybridized carbons (Fsp3) is 0.0500. The number of carbonyl (C=O) groups is 1. The SMILES string of the molecule is CC(=O)Nc1ccc(Nc2nc(O)c(C=C3C=Nc4ccccc43)s2)cc1. The summed E-state index contributed by atoms with van der Waals surface area (Å²) in [5.74, 6) is -0.141. The van der Waals surface area contributed by atoms with Crippen LogP contribution in [0.2, 0.25) is 0 Å². The number of aromatic hydroxyl groups is 1. The first-order valence-electron chi connectivity index (χ1n) is 8.28. The van der Waals surface area contributed by atoms with Gasteiger partial charge in [-0.05, 0) is 36.4 Å². The molecule has 0 saturated carbocycles. The molecule has 1 aliphatic rings. The number of hydrogen-bond donors (Lipinski definition) is 3. The van der Waals surface area contributed by atoms with Crippen LogP contribution in [0.5, 0.6) is 5.88 Å². The van der Waals surface area contributed by atoms with Crippen LogP contribution in [0.15, 0.2) is 53.5 Å². The van der Waals surface area contributed by atoms with E-state index in [1.807, 2.05) is 42.5 Å². The first kappa shape index (κ1) is 17.0. The number of fused-ring (bicyclic) bond motifs is 1. The van der Waals surface area contributed by atoms with Gasteiger partial charge in [0.15, 0.2) is 5.13 Å². The van der Waals surface area contributed by atoms with E-state index in [2.05, 4.69) is 20.6 Å². The number of para-hydroxylation sites is 1. The van der Waals surface area contributed by atoms with Crippen molar-refractivity contribution >= 4 is 57.3 Å². The van der Waals surface area contributed by atoms with Gasteiger partial charge in [-0.3, -0.25) is 9.79 Å². The van der Waals surface area contributed by atoms with E-state index in [4.69, 9.17) is 0 Å². The Morgan fingerprint density at radius 3 is 2.63 bits per heavy atom. The van der Waals surface area contributed by atoms with Crippen LogP contribution >= 0.6 is 11.3 Å². The summed E-state index contributed by atoms with van der Waals surface area (Å²) in [6, 6.07) is 15.1. The minimum absolute atomic E-state index is 0.0253. The maximum absolute atomic E-state index is 11.1. The Bertz CT molecular complexity index is 1070. The second kappa shape index (κ2) is 7.05. The van der Waals surface area contributed by atoms with Gasteiger partial charge in [-0.1, -0.05) is 29.5 Å². The van der Waals surface area contributed by atoms with Crippen LogP contribution in [-0.2, 0) is 4.79 Å². The van der Waals surface area contributed by atoms with Gasteiger partial charge in [0.1, 0.15) is 0 Å². The molecule has 2 heterocycles. The molecule has 7 heteroatoms. The summed E-state index contributed by atoms with van der Waals surface area (Å²) in [6.45, 7) is 1.47. The number of nitrogens with one attached hydrogen (secondary N) is 2. The normalized spacial score (nSPS) is 13.6. The maximum Gasteiger partial charge on any atom is 0.231 e. The number of benzene rings is 2. The summed E-state index contributed by atoms with van der Waals surface area (Å²) >= 11 is 1.35. The number of hydrogen-bond acceptors (Lipinski definition) is 6. The van der Waals surface area contributed by atoms with Crippen LogP contribution in [0.4, 0.5) is 22.2 Å². The minimum atomic E-state index is -0.116. The number of thiazole rings is 1. The fourth-order valence-corrected chi connectivity index (χ4v) is 3.56. The second-order valence-electron chi connectivity index (χ2n) is 5.97. The molecule has 0 saturated heterocycles. The topological polar surface area (TPSA) is 86.6 Å². The van der Waals surface area contributed by atoms with Crippen molar-refractivity contribution in [2.75, 3.05) is 10.6 Å². The molecule has 6 nitrogen and oxygen atoms in total. The van der Waals surface area contributed by atoms with Crippen molar-refractivity contribution in [1.82, 2.24) is 4.98 Å². The molecule has 3 aromatic rings. The van der Waals surface area contributed by atoms with Crippen LogP contribution in [0, 0.1) is 0 Å². The lowest BCUT2D eigenvalue weighted by atomic mass is 10.1. The summed E-state index contributed by atoms with van der Waals surface area (Å²) < 4.78 is 0. The summed E-state index contributed by atoms with van der Waals surface area (Å²) in [4.78, 5) is 20.3. The Morgan fingerprint density at radius 1 is 1.11 bits per heavy atom. The zero-order valence-corrected chi connectivity index (χ0v) is 15.2. The average Bonchev–Trinajstić information content (AvgIpc) is 3.20. The Kier molecular flexibility index (Phi) is 4.43. The van der Waals surface area contributed by atoms with Gasteiger partial charge in [0.2, 0.25) is 11.8 Å². The Balaban J connectivity index is 1.53. The van der Waals surface area contributed by atoms with Crippen molar-refractivity contribution in [2.24, 2.45) is 4.99 Å². The summed E-state index contributed by atoms with van der Waals surface area (Å²) in [5, 5.41) is 16.6. The summed E-state index contributed by atoms with van der Waals surface area (Å²) in [5.41, 5.74) is 4.43. The number of nitrogens with zero attached hydrogens (tertiary/aromatic N) is 2. The van der Waals surface area contributed by atoms with E-state index in [1.165, 1.54) is 18.3 Å². The van der Waals surface area contributed by atoms with Gasteiger partial charge in [0.05, 0.1) is 10.6 Å². The zero-order chi connectivity index (χ0) is 18.8. The highest BCUT2D eigenvalue weighted by atomic mass is 32.1. The van der Waals surface area contributed by atoms with E-state index in [0.717, 1.165) is 28.2 Å². The summed E-state index contributed by atoms with van der Waals surface area (Å²) in [7, 11) is 0. The van der Waals surface area contributed by atoms with Gasteiger partial charge < -0.3 is 15.7 Å². The van der Waals surface area contributed by atoms with Gasteiger partial charge in [0, 0.05) is 35.6 Å². The van der Waals surface area contributed by atoms with E-state index in [1.54, 1.807) is 18.3 Å². The fourth-order valence-electron chi connectivity index (χ4n) is 2.73. The molecule has 3 N–H and O–H groups in total. The van der Waals surface area contributed by atoms with E-state index >= 15 is 0 Å². The Labute approximate surface area is 159 Å². The van der Waals surface area contributed by atoms with Crippen molar-refractivity contribution < 1.29 is 9.90 Å². The highest BCUT2D eigenvalue weighted by Crippen LogP contribution is 2.37. The van der Waals surface area contributed by atoms with Gasteiger partial charge in [0.25, 0.3) is 0 Å². The molecule has 1 aliphatic heterocycles. The lowest BCUT2D eigenvalue weighted by Crippen LogP contribution is -2.05. The molecule has 4 rings (SSSR count). The molecule has 0 fully saturated rings. The van der Waals surface area contributed by atoms with Crippen molar-refractivity contribution in [3.63, 3.8) is 0 Å². The number of carbonyl (C=O) groups excluding carboxylic acids is 1. The number of aromatic nitrogens is 1. The molecule has 0 atom stereocenters. The molecule has 0 radical (unpaired) electrons. The molecule has 27 heavy (non-hydrogen) atoms. The molecule has 0 aliphatic carbocycles. The predicted octanol–water partition coefficient (Wildman–Crippen LogP) is 4.81. The van der Waals surface area contributed by atoms with E-state index in [9.17, 15) is 9.90 Å². The molecule has 0 spiro atoms. The third-order valence-electron chi connectivity index (χ3n) is 3.94. The van der Waals surface area contributed by atoms with Gasteiger partial charge in [-0.25, -0.2) is 0 Å². The van der Waals surface area contributed by atoms with Crippen LogP contribution in [0.3, 0.4) is 0 Å². The average molecular weight is 376 g/mol. The van der Waals surface area contributed by atoms with Gasteiger partial charge >= 0.3 is 0 Å². The monoisotopic (exact) mass is 376 g/mol. The van der Waals surface area contributed by atoms with E-state index in [0.29, 0.717) is 10.0 Å². The van der Waals surface area contributed by atoms with Crippen molar-refractivity contribution in [3.05, 3.63) is 59.0 Å². The number of aliphatic imine (C=N–C) groups is 1. The van der Waals surface area contributed by atoms with E-state index in [-0.39, 0.29) is 11.8 Å². The van der Waals surface area contributed by atoms with E-state index < -0.39 is 0 Å². The molecule has 0 bridgehead atoms. The third-order valence-corrected chi connectivity index (χ3v) is 4.84. The maximum atomic E-state index is 11.1. The number of allylic oxidation sites excluding steroid dienone is 1. The lowest BCUT2D eigenvalue weighted by molar-refractivity contribution is -0.114. The highest BCUT2D eigenvalue weighted by Gasteiger charge is 2.14. The molecule has 1 amide bonds. The second-order valence-corrected chi connectivity index (χ2v) is 7.00. The van der Waals surface area contributed by atoms with Crippen LogP contribution in [0.25, 0.3) is 11.6 Å². The highest BCUT2D eigenvalue weighted by molar-refractivity contribution is 7.16.